The van der Waals surface area contributed by atoms with Gasteiger partial charge in [0.15, 0.2) is 0 Å². The number of fused-ring (bicyclic) bond motifs is 1. The number of nitrogens with one attached hydrogen (secondary N) is 2. The predicted octanol–water partition coefficient (Wildman–Crippen LogP) is 6.12. The van der Waals surface area contributed by atoms with E-state index in [0.717, 1.165) is 28.5 Å². The molecule has 1 aliphatic rings. The molecule has 0 radical (unpaired) electrons. The minimum Gasteiger partial charge on any atom is -0.469 e. The Bertz CT molecular complexity index is 1350. The maximum Gasteiger partial charge on any atom is 0.419 e. The molecule has 1 aromatic heterocycles. The number of ether oxygens (including phenoxy) is 2. The molecule has 2 N–H and O–H groups in total. The first-order valence-corrected chi connectivity index (χ1v) is 13.0. The summed E-state index contributed by atoms with van der Waals surface area (Å²) in [6.45, 7) is 9.41. The van der Waals surface area contributed by atoms with Gasteiger partial charge in [-0.05, 0) is 88.8 Å². The van der Waals surface area contributed by atoms with Gasteiger partial charge in [-0.1, -0.05) is 30.7 Å². The Labute approximate surface area is 223 Å². The number of carbonyl (C=O) groups excluding carboxylic acids is 3. The number of benzene rings is 2. The van der Waals surface area contributed by atoms with E-state index in [9.17, 15) is 14.4 Å². The van der Waals surface area contributed by atoms with Crippen molar-refractivity contribution in [1.82, 2.24) is 9.88 Å². The van der Waals surface area contributed by atoms with E-state index in [2.05, 4.69) is 10.6 Å². The van der Waals surface area contributed by atoms with Gasteiger partial charge in [-0.2, -0.15) is 0 Å². The van der Waals surface area contributed by atoms with Crippen LogP contribution in [0.5, 0.6) is 0 Å². The number of esters is 1. The van der Waals surface area contributed by atoms with Crippen LogP contribution < -0.4 is 10.6 Å². The average molecular weight is 520 g/mol. The second kappa shape index (κ2) is 10.5. The highest BCUT2D eigenvalue weighted by atomic mass is 16.6. The molecule has 2 amide bonds. The number of rotatable bonds is 5. The zero-order valence-electron chi connectivity index (χ0n) is 23.0. The van der Waals surface area contributed by atoms with E-state index in [-0.39, 0.29) is 12.0 Å². The van der Waals surface area contributed by atoms with Gasteiger partial charge < -0.3 is 20.1 Å². The highest BCUT2D eigenvalue weighted by Gasteiger charge is 2.51. The lowest BCUT2D eigenvalue weighted by molar-refractivity contribution is -0.153. The van der Waals surface area contributed by atoms with Crippen LogP contribution in [0.4, 0.5) is 15.3 Å². The van der Waals surface area contributed by atoms with Crippen molar-refractivity contribution >= 4 is 34.7 Å². The maximum absolute atomic E-state index is 13.4. The van der Waals surface area contributed by atoms with Crippen molar-refractivity contribution < 1.29 is 23.9 Å². The Balaban J connectivity index is 1.65. The van der Waals surface area contributed by atoms with Crippen molar-refractivity contribution in [2.24, 2.45) is 5.41 Å². The SMILES string of the molecule is COC(=O)[C@]1(Cc2cn(C(=O)OC(C)(C)C)c3ccccc23)CCC[C@H]1NC(=O)Nc1cc(C)cc(C)c1. The molecule has 4 rings (SSSR count). The molecule has 1 fully saturated rings. The Morgan fingerprint density at radius 2 is 1.76 bits per heavy atom. The predicted molar refractivity (Wildman–Crippen MR) is 147 cm³/mol. The van der Waals surface area contributed by atoms with Gasteiger partial charge >= 0.3 is 18.1 Å². The van der Waals surface area contributed by atoms with Gasteiger partial charge in [-0.3, -0.25) is 9.36 Å². The second-order valence-corrected chi connectivity index (χ2v) is 11.3. The number of carbonyl (C=O) groups is 3. The number of methoxy groups -OCH3 is 1. The molecule has 8 heteroatoms. The second-order valence-electron chi connectivity index (χ2n) is 11.3. The van der Waals surface area contributed by atoms with Crippen molar-refractivity contribution in [3.8, 4) is 0 Å². The summed E-state index contributed by atoms with van der Waals surface area (Å²) in [5.41, 5.74) is 2.68. The molecule has 38 heavy (non-hydrogen) atoms. The fourth-order valence-electron chi connectivity index (χ4n) is 5.58. The van der Waals surface area contributed by atoms with Crippen LogP contribution in [0.1, 0.15) is 56.7 Å². The summed E-state index contributed by atoms with van der Waals surface area (Å²) in [4.78, 5) is 39.4. The van der Waals surface area contributed by atoms with Gasteiger partial charge in [0.25, 0.3) is 0 Å². The van der Waals surface area contributed by atoms with E-state index in [1.54, 1.807) is 6.20 Å². The van der Waals surface area contributed by atoms with Crippen LogP contribution in [0.3, 0.4) is 0 Å². The quantitative estimate of drug-likeness (QED) is 0.396. The Kier molecular flexibility index (Phi) is 7.54. The fourth-order valence-corrected chi connectivity index (χ4v) is 5.58. The highest BCUT2D eigenvalue weighted by Crippen LogP contribution is 2.44. The lowest BCUT2D eigenvalue weighted by atomic mass is 9.76. The van der Waals surface area contributed by atoms with E-state index < -0.39 is 23.2 Å². The number of urea groups is 1. The molecule has 1 saturated carbocycles. The van der Waals surface area contributed by atoms with E-state index in [4.69, 9.17) is 9.47 Å². The van der Waals surface area contributed by atoms with E-state index in [0.29, 0.717) is 30.5 Å². The third kappa shape index (κ3) is 5.69. The van der Waals surface area contributed by atoms with Crippen LogP contribution >= 0.6 is 0 Å². The molecule has 0 spiro atoms. The number of para-hydroxylation sites is 1. The molecule has 8 nitrogen and oxygen atoms in total. The van der Waals surface area contributed by atoms with Crippen LogP contribution in [0.15, 0.2) is 48.7 Å². The number of amides is 2. The van der Waals surface area contributed by atoms with E-state index >= 15 is 0 Å². The highest BCUT2D eigenvalue weighted by molar-refractivity contribution is 5.93. The summed E-state index contributed by atoms with van der Waals surface area (Å²) in [5, 5.41) is 6.82. The number of nitrogens with zero attached hydrogens (tertiary/aromatic N) is 1. The van der Waals surface area contributed by atoms with Crippen LogP contribution in [-0.4, -0.2) is 41.4 Å². The van der Waals surface area contributed by atoms with Crippen molar-refractivity contribution in [2.75, 3.05) is 12.4 Å². The summed E-state index contributed by atoms with van der Waals surface area (Å²) < 4.78 is 12.4. The maximum atomic E-state index is 13.4. The molecule has 2 aromatic carbocycles. The molecular weight excluding hydrogens is 482 g/mol. The molecule has 0 aliphatic heterocycles. The third-order valence-electron chi connectivity index (χ3n) is 7.05. The summed E-state index contributed by atoms with van der Waals surface area (Å²) in [7, 11) is 1.37. The Morgan fingerprint density at radius 3 is 2.42 bits per heavy atom. The lowest BCUT2D eigenvalue weighted by Crippen LogP contribution is -2.51. The van der Waals surface area contributed by atoms with Crippen molar-refractivity contribution in [1.29, 1.82) is 0 Å². The minimum absolute atomic E-state index is 0.310. The smallest absolute Gasteiger partial charge is 0.419 e. The molecule has 0 bridgehead atoms. The first-order chi connectivity index (χ1) is 17.9. The molecule has 1 heterocycles. The summed E-state index contributed by atoms with van der Waals surface area (Å²) in [6, 6.07) is 12.6. The standard InChI is InChI=1S/C30H37N3O5/c1-19-14-20(2)16-22(15-19)31-27(35)32-25-12-9-13-30(25,26(34)37-6)17-21-18-33(28(36)38-29(3,4)5)24-11-8-7-10-23(21)24/h7-8,10-11,14-16,18,25H,9,12-13,17H2,1-6H3,(H2,31,32,35)/t25-,30+/m1/s1. The summed E-state index contributed by atoms with van der Waals surface area (Å²) in [5.74, 6) is -0.374. The van der Waals surface area contributed by atoms with Crippen molar-refractivity contribution in [3.63, 3.8) is 0 Å². The largest absolute Gasteiger partial charge is 0.469 e. The first kappa shape index (κ1) is 27.2. The van der Waals surface area contributed by atoms with E-state index in [1.807, 2.05) is 77.1 Å². The number of hydrogen-bond acceptors (Lipinski definition) is 5. The molecule has 2 atom stereocenters. The zero-order chi connectivity index (χ0) is 27.7. The number of aromatic nitrogens is 1. The molecular formula is C30H37N3O5. The van der Waals surface area contributed by atoms with Gasteiger partial charge in [0.05, 0.1) is 18.0 Å². The summed E-state index contributed by atoms with van der Waals surface area (Å²) >= 11 is 0. The molecule has 202 valence electrons. The Hall–Kier alpha value is -3.81. The molecule has 1 aliphatic carbocycles. The van der Waals surface area contributed by atoms with Gasteiger partial charge in [0.1, 0.15) is 5.60 Å². The topological polar surface area (TPSA) is 98.7 Å². The molecule has 0 saturated heterocycles. The van der Waals surface area contributed by atoms with Crippen molar-refractivity contribution in [2.45, 2.75) is 71.9 Å². The van der Waals surface area contributed by atoms with Crippen LogP contribution in [0.25, 0.3) is 10.9 Å². The monoisotopic (exact) mass is 519 g/mol. The van der Waals surface area contributed by atoms with Crippen LogP contribution in [0.2, 0.25) is 0 Å². The fraction of sp³-hybridized carbons (Fsp3) is 0.433. The van der Waals surface area contributed by atoms with Gasteiger partial charge in [-0.15, -0.1) is 0 Å². The zero-order valence-corrected chi connectivity index (χ0v) is 23.0. The number of hydrogen-bond donors (Lipinski definition) is 2. The van der Waals surface area contributed by atoms with Gasteiger partial charge in [-0.25, -0.2) is 9.59 Å². The van der Waals surface area contributed by atoms with Crippen molar-refractivity contribution in [3.05, 3.63) is 65.4 Å². The molecule has 3 aromatic rings. The van der Waals surface area contributed by atoms with Crippen LogP contribution in [-0.2, 0) is 20.7 Å². The number of aryl methyl sites for hydroxylation is 2. The third-order valence-corrected chi connectivity index (χ3v) is 7.05. The van der Waals surface area contributed by atoms with Crippen LogP contribution in [0, 0.1) is 19.3 Å². The first-order valence-electron chi connectivity index (χ1n) is 13.0. The molecule has 0 unspecified atom stereocenters. The lowest BCUT2D eigenvalue weighted by Gasteiger charge is -2.33. The van der Waals surface area contributed by atoms with Gasteiger partial charge in [0, 0.05) is 23.3 Å². The Morgan fingerprint density at radius 1 is 1.08 bits per heavy atom. The normalized spacial score (nSPS) is 19.3. The minimum atomic E-state index is -0.975. The van der Waals surface area contributed by atoms with E-state index in [1.165, 1.54) is 11.7 Å². The summed E-state index contributed by atoms with van der Waals surface area (Å²) in [6.07, 6.45) is 3.52. The average Bonchev–Trinajstić information content (AvgIpc) is 3.39. The number of anilines is 1. The van der Waals surface area contributed by atoms with Gasteiger partial charge in [0.2, 0.25) is 0 Å².